The molecule has 16 heavy (non-hydrogen) atoms. The van der Waals surface area contributed by atoms with Gasteiger partial charge in [0.1, 0.15) is 0 Å². The summed E-state index contributed by atoms with van der Waals surface area (Å²) in [6.45, 7) is 5.17. The molecule has 0 atom stereocenters. The highest BCUT2D eigenvalue weighted by Crippen LogP contribution is 2.17. The number of methoxy groups -OCH3 is 2. The number of hydrogen-bond acceptors (Lipinski definition) is 3. The van der Waals surface area contributed by atoms with Crippen LogP contribution in [0.2, 0.25) is 0 Å². The first kappa shape index (κ1) is 13.2. The van der Waals surface area contributed by atoms with E-state index in [1.165, 1.54) is 5.56 Å². The number of benzene rings is 1. The Morgan fingerprint density at radius 1 is 1.12 bits per heavy atom. The van der Waals surface area contributed by atoms with Crippen LogP contribution in [0.1, 0.15) is 32.7 Å². The molecule has 0 unspecified atom stereocenters. The molecule has 1 aromatic rings. The van der Waals surface area contributed by atoms with Gasteiger partial charge in [-0.1, -0.05) is 38.1 Å². The average Bonchev–Trinajstić information content (AvgIpc) is 2.29. The molecule has 0 aliphatic rings. The predicted octanol–water partition coefficient (Wildman–Crippen LogP) is 2.72. The molecule has 1 N–H and O–H groups in total. The van der Waals surface area contributed by atoms with E-state index in [0.717, 1.165) is 12.1 Å². The monoisotopic (exact) mass is 225 g/mol. The van der Waals surface area contributed by atoms with Gasteiger partial charge in [-0.15, -0.1) is 0 Å². The summed E-state index contributed by atoms with van der Waals surface area (Å²) in [6, 6.07) is 8.76. The van der Waals surface area contributed by atoms with Gasteiger partial charge in [0, 0.05) is 33.8 Å². The summed E-state index contributed by atoms with van der Waals surface area (Å²) in [6.07, 6.45) is -0.271. The van der Waals surface area contributed by atoms with Crippen molar-refractivity contribution in [3.8, 4) is 0 Å². The Morgan fingerprint density at radius 2 is 1.69 bits per heavy atom. The number of rotatable bonds is 6. The second-order valence-corrected chi connectivity index (χ2v) is 4.08. The van der Waals surface area contributed by atoms with Gasteiger partial charge in [0.05, 0.1) is 0 Å². The molecule has 0 aliphatic heterocycles. The van der Waals surface area contributed by atoms with Gasteiger partial charge in [-0.2, -0.15) is 0 Å². The van der Waals surface area contributed by atoms with Crippen molar-refractivity contribution in [2.45, 2.75) is 32.7 Å². The van der Waals surface area contributed by atoms with Crippen LogP contribution in [0.3, 0.4) is 0 Å². The molecule has 0 aliphatic carbocycles. The molecule has 0 bridgehead atoms. The fourth-order valence-electron chi connectivity index (χ4n) is 1.48. The number of hydrogen-bond donors (Lipinski definition) is 1. The Hall–Kier alpha value is -0.900. The van der Waals surface area contributed by atoms with Crippen LogP contribution >= 0.6 is 0 Å². The smallest absolute Gasteiger partial charge is 0.183 e. The van der Waals surface area contributed by atoms with Gasteiger partial charge in [-0.05, 0) is 5.56 Å². The van der Waals surface area contributed by atoms with Gasteiger partial charge in [0.25, 0.3) is 0 Å². The van der Waals surface area contributed by atoms with Crippen LogP contribution in [-0.2, 0) is 16.0 Å². The normalized spacial score (nSPS) is 11.4. The van der Waals surface area contributed by atoms with E-state index in [1.54, 1.807) is 14.2 Å². The third-order valence-corrected chi connectivity index (χ3v) is 2.39. The topological polar surface area (TPSA) is 30.5 Å². The highest BCUT2D eigenvalue weighted by Gasteiger charge is 2.07. The first-order valence-corrected chi connectivity index (χ1v) is 5.55. The predicted molar refractivity (Wildman–Crippen MR) is 67.3 cm³/mol. The van der Waals surface area contributed by atoms with Crippen LogP contribution < -0.4 is 5.32 Å². The van der Waals surface area contributed by atoms with Crippen molar-refractivity contribution in [1.82, 2.24) is 5.32 Å². The molecule has 0 saturated carbocycles. The van der Waals surface area contributed by atoms with E-state index in [1.807, 2.05) is 12.1 Å². The Kier molecular flexibility index (Phi) is 5.46. The van der Waals surface area contributed by atoms with Gasteiger partial charge in [0.15, 0.2) is 6.29 Å². The number of nitrogens with one attached hydrogen (secondary N) is 1. The van der Waals surface area contributed by atoms with Crippen LogP contribution in [-0.4, -0.2) is 20.3 Å². The van der Waals surface area contributed by atoms with Crippen molar-refractivity contribution in [2.75, 3.05) is 14.2 Å². The van der Waals surface area contributed by atoms with Crippen molar-refractivity contribution in [3.63, 3.8) is 0 Å². The van der Waals surface area contributed by atoms with Crippen LogP contribution in [0, 0.1) is 0 Å². The van der Waals surface area contributed by atoms with Gasteiger partial charge in [0.2, 0.25) is 0 Å². The third-order valence-electron chi connectivity index (χ3n) is 2.39. The minimum absolute atomic E-state index is 0. The standard InChI is InChI=1S/C13H21NO2.H2/c1-10(2)14-9-11-5-7-12(8-6-11)13(15-3)16-4;/h5-8,10,13-14H,9H2,1-4H3;1H. The van der Waals surface area contributed by atoms with Crippen molar-refractivity contribution in [3.05, 3.63) is 35.4 Å². The zero-order valence-electron chi connectivity index (χ0n) is 10.5. The molecule has 3 nitrogen and oxygen atoms in total. The highest BCUT2D eigenvalue weighted by molar-refractivity contribution is 5.23. The minimum Gasteiger partial charge on any atom is -0.352 e. The third kappa shape index (κ3) is 3.93. The summed E-state index contributed by atoms with van der Waals surface area (Å²) in [5.41, 5.74) is 2.31. The summed E-state index contributed by atoms with van der Waals surface area (Å²) in [7, 11) is 3.28. The highest BCUT2D eigenvalue weighted by atomic mass is 16.7. The number of ether oxygens (including phenoxy) is 2. The molecule has 92 valence electrons. The van der Waals surface area contributed by atoms with Gasteiger partial charge >= 0.3 is 0 Å². The molecule has 1 aromatic carbocycles. The largest absolute Gasteiger partial charge is 0.352 e. The van der Waals surface area contributed by atoms with E-state index >= 15 is 0 Å². The van der Waals surface area contributed by atoms with Gasteiger partial charge in [-0.3, -0.25) is 0 Å². The van der Waals surface area contributed by atoms with E-state index in [-0.39, 0.29) is 7.72 Å². The zero-order chi connectivity index (χ0) is 12.0. The molecular formula is C13H23NO2. The molecule has 0 saturated heterocycles. The lowest BCUT2D eigenvalue weighted by molar-refractivity contribution is -0.106. The maximum absolute atomic E-state index is 5.19. The molecule has 0 amide bonds. The molecule has 0 fully saturated rings. The van der Waals surface area contributed by atoms with Crippen molar-refractivity contribution in [1.29, 1.82) is 0 Å². The van der Waals surface area contributed by atoms with Crippen molar-refractivity contribution >= 4 is 0 Å². The Balaban J connectivity index is 0.00000256. The molecular weight excluding hydrogens is 202 g/mol. The van der Waals surface area contributed by atoms with E-state index in [4.69, 9.17) is 9.47 Å². The first-order chi connectivity index (χ1) is 7.67. The summed E-state index contributed by atoms with van der Waals surface area (Å²) in [5.74, 6) is 0. The Bertz CT molecular complexity index is 297. The van der Waals surface area contributed by atoms with Gasteiger partial charge in [-0.25, -0.2) is 0 Å². The lowest BCUT2D eigenvalue weighted by Gasteiger charge is -2.14. The van der Waals surface area contributed by atoms with E-state index in [0.29, 0.717) is 6.04 Å². The summed E-state index contributed by atoms with van der Waals surface area (Å²) < 4.78 is 10.4. The Labute approximate surface area is 99.2 Å². The van der Waals surface area contributed by atoms with Crippen molar-refractivity contribution < 1.29 is 10.9 Å². The zero-order valence-corrected chi connectivity index (χ0v) is 10.5. The average molecular weight is 225 g/mol. The quantitative estimate of drug-likeness (QED) is 0.755. The fraction of sp³-hybridized carbons (Fsp3) is 0.538. The van der Waals surface area contributed by atoms with Crippen molar-refractivity contribution in [2.24, 2.45) is 0 Å². The fourth-order valence-corrected chi connectivity index (χ4v) is 1.48. The maximum atomic E-state index is 5.19. The first-order valence-electron chi connectivity index (χ1n) is 5.55. The summed E-state index contributed by atoms with van der Waals surface area (Å²) >= 11 is 0. The van der Waals surface area contributed by atoms with Crippen LogP contribution in [0.25, 0.3) is 0 Å². The van der Waals surface area contributed by atoms with Crippen LogP contribution in [0.15, 0.2) is 24.3 Å². The summed E-state index contributed by atoms with van der Waals surface area (Å²) in [5, 5.41) is 3.38. The van der Waals surface area contributed by atoms with Crippen LogP contribution in [0.5, 0.6) is 0 Å². The van der Waals surface area contributed by atoms with E-state index in [2.05, 4.69) is 31.3 Å². The second-order valence-electron chi connectivity index (χ2n) is 4.08. The molecule has 3 heteroatoms. The molecule has 0 heterocycles. The molecule has 0 radical (unpaired) electrons. The Morgan fingerprint density at radius 3 is 2.12 bits per heavy atom. The van der Waals surface area contributed by atoms with Gasteiger partial charge < -0.3 is 14.8 Å². The van der Waals surface area contributed by atoms with Crippen LogP contribution in [0.4, 0.5) is 0 Å². The summed E-state index contributed by atoms with van der Waals surface area (Å²) in [4.78, 5) is 0. The lowest BCUT2D eigenvalue weighted by Crippen LogP contribution is -2.21. The minimum atomic E-state index is -0.271. The van der Waals surface area contributed by atoms with E-state index in [9.17, 15) is 0 Å². The SMILES string of the molecule is COC(OC)c1ccc(CNC(C)C)cc1.[HH]. The molecule has 0 spiro atoms. The maximum Gasteiger partial charge on any atom is 0.183 e. The van der Waals surface area contributed by atoms with E-state index < -0.39 is 0 Å². The lowest BCUT2D eigenvalue weighted by atomic mass is 10.1. The molecule has 0 aromatic heterocycles. The second kappa shape index (κ2) is 6.63. The molecule has 1 rings (SSSR count).